The van der Waals surface area contributed by atoms with Gasteiger partial charge in [-0.3, -0.25) is 0 Å². The van der Waals surface area contributed by atoms with E-state index in [2.05, 4.69) is 55.5 Å². The summed E-state index contributed by atoms with van der Waals surface area (Å²) in [4.78, 5) is 0. The number of nitrogens with two attached hydrogens (primary N) is 1. The highest BCUT2D eigenvalue weighted by atomic mass is 14.5. The summed E-state index contributed by atoms with van der Waals surface area (Å²) in [5, 5.41) is 0. The van der Waals surface area contributed by atoms with Crippen LogP contribution >= 0.6 is 0 Å². The van der Waals surface area contributed by atoms with Crippen molar-refractivity contribution in [3.05, 3.63) is 70.8 Å². The minimum absolute atomic E-state index is 0.503. The summed E-state index contributed by atoms with van der Waals surface area (Å²) in [5.41, 5.74) is 11.9. The van der Waals surface area contributed by atoms with E-state index in [4.69, 9.17) is 5.73 Å². The lowest BCUT2D eigenvalue weighted by molar-refractivity contribution is 0.507. The average Bonchev–Trinajstić information content (AvgIpc) is 2.65. The first-order chi connectivity index (χ1) is 9.79. The fourth-order valence-corrected chi connectivity index (χ4v) is 3.39. The zero-order valence-electron chi connectivity index (χ0n) is 12.2. The van der Waals surface area contributed by atoms with E-state index in [0.29, 0.717) is 11.8 Å². The first kappa shape index (κ1) is 13.4. The van der Waals surface area contributed by atoms with Crippen molar-refractivity contribution in [3.63, 3.8) is 0 Å². The molecule has 0 spiro atoms. The van der Waals surface area contributed by atoms with Crippen LogP contribution in [0.15, 0.2) is 48.5 Å². The summed E-state index contributed by atoms with van der Waals surface area (Å²) < 4.78 is 0. The van der Waals surface area contributed by atoms with Crippen LogP contribution in [0, 0.1) is 5.92 Å². The Morgan fingerprint density at radius 2 is 1.45 bits per heavy atom. The molecule has 0 bridgehead atoms. The van der Waals surface area contributed by atoms with Crippen LogP contribution in [0.2, 0.25) is 0 Å². The monoisotopic (exact) mass is 265 g/mol. The fraction of sp³-hybridized carbons (Fsp3) is 0.368. The molecular weight excluding hydrogens is 242 g/mol. The lowest BCUT2D eigenvalue weighted by atomic mass is 9.82. The third-order valence-electron chi connectivity index (χ3n) is 4.57. The Morgan fingerprint density at radius 1 is 0.950 bits per heavy atom. The van der Waals surface area contributed by atoms with Gasteiger partial charge in [-0.1, -0.05) is 55.5 Å². The second-order valence-electron chi connectivity index (χ2n) is 6.03. The second-order valence-corrected chi connectivity index (χ2v) is 6.03. The molecule has 1 unspecified atom stereocenters. The molecule has 2 aromatic carbocycles. The largest absolute Gasteiger partial charge is 0.330 e. The second kappa shape index (κ2) is 5.80. The molecule has 0 radical (unpaired) electrons. The SMILES string of the molecule is CC(CN)CC1c2ccccc2CCc2ccccc21. The minimum Gasteiger partial charge on any atom is -0.330 e. The van der Waals surface area contributed by atoms with Crippen LogP contribution in [0.5, 0.6) is 0 Å². The molecule has 3 rings (SSSR count). The van der Waals surface area contributed by atoms with E-state index in [1.54, 1.807) is 0 Å². The van der Waals surface area contributed by atoms with Gasteiger partial charge >= 0.3 is 0 Å². The van der Waals surface area contributed by atoms with E-state index in [1.165, 1.54) is 22.3 Å². The Labute approximate surface area is 121 Å². The first-order valence-corrected chi connectivity index (χ1v) is 7.65. The van der Waals surface area contributed by atoms with Crippen LogP contribution in [-0.4, -0.2) is 6.54 Å². The highest BCUT2D eigenvalue weighted by molar-refractivity contribution is 5.44. The first-order valence-electron chi connectivity index (χ1n) is 7.65. The summed E-state index contributed by atoms with van der Waals surface area (Å²) in [6.07, 6.45) is 3.45. The molecule has 0 aliphatic heterocycles. The molecule has 1 heteroatoms. The Balaban J connectivity index is 2.09. The van der Waals surface area contributed by atoms with Gasteiger partial charge in [-0.25, -0.2) is 0 Å². The van der Waals surface area contributed by atoms with Gasteiger partial charge in [0.25, 0.3) is 0 Å². The van der Waals surface area contributed by atoms with Crippen LogP contribution in [0.1, 0.15) is 41.5 Å². The molecule has 104 valence electrons. The van der Waals surface area contributed by atoms with E-state index in [9.17, 15) is 0 Å². The maximum absolute atomic E-state index is 5.87. The molecule has 0 amide bonds. The quantitative estimate of drug-likeness (QED) is 0.895. The standard InChI is InChI=1S/C19H23N/c1-14(13-20)12-19-17-8-4-2-6-15(17)10-11-16-7-3-5-9-18(16)19/h2-9,14,19H,10-13,20H2,1H3. The van der Waals surface area contributed by atoms with Crippen LogP contribution in [0.4, 0.5) is 0 Å². The molecule has 2 N–H and O–H groups in total. The molecule has 20 heavy (non-hydrogen) atoms. The van der Waals surface area contributed by atoms with Gasteiger partial charge in [0.05, 0.1) is 0 Å². The van der Waals surface area contributed by atoms with E-state index in [0.717, 1.165) is 25.8 Å². The van der Waals surface area contributed by atoms with Gasteiger partial charge < -0.3 is 5.73 Å². The summed E-state index contributed by atoms with van der Waals surface area (Å²) in [5.74, 6) is 1.06. The Morgan fingerprint density at radius 3 is 1.95 bits per heavy atom. The lowest BCUT2D eigenvalue weighted by Gasteiger charge is -2.23. The molecule has 1 aliphatic rings. The van der Waals surface area contributed by atoms with Gasteiger partial charge in [-0.05, 0) is 54.0 Å². The fourth-order valence-electron chi connectivity index (χ4n) is 3.39. The van der Waals surface area contributed by atoms with E-state index in [-0.39, 0.29) is 0 Å². The summed E-state index contributed by atoms with van der Waals surface area (Å²) in [7, 11) is 0. The van der Waals surface area contributed by atoms with Crippen LogP contribution in [0.25, 0.3) is 0 Å². The Hall–Kier alpha value is -1.60. The van der Waals surface area contributed by atoms with Crippen molar-refractivity contribution < 1.29 is 0 Å². The Kier molecular flexibility index (Phi) is 3.88. The van der Waals surface area contributed by atoms with Crippen LogP contribution < -0.4 is 5.73 Å². The van der Waals surface area contributed by atoms with Gasteiger partial charge in [0.1, 0.15) is 0 Å². The summed E-state index contributed by atoms with van der Waals surface area (Å²) >= 11 is 0. The topological polar surface area (TPSA) is 26.0 Å². The number of rotatable bonds is 3. The minimum atomic E-state index is 0.503. The molecule has 2 aromatic rings. The summed E-state index contributed by atoms with van der Waals surface area (Å²) in [6.45, 7) is 3.02. The molecule has 0 heterocycles. The van der Waals surface area contributed by atoms with Gasteiger partial charge in [0.15, 0.2) is 0 Å². The third-order valence-corrected chi connectivity index (χ3v) is 4.57. The van der Waals surface area contributed by atoms with Crippen LogP contribution in [-0.2, 0) is 12.8 Å². The maximum atomic E-state index is 5.87. The zero-order valence-corrected chi connectivity index (χ0v) is 12.2. The third kappa shape index (κ3) is 2.51. The average molecular weight is 265 g/mol. The number of hydrogen-bond acceptors (Lipinski definition) is 1. The predicted molar refractivity (Wildman–Crippen MR) is 85.0 cm³/mol. The van der Waals surface area contributed by atoms with E-state index >= 15 is 0 Å². The highest BCUT2D eigenvalue weighted by Gasteiger charge is 2.24. The molecule has 0 aromatic heterocycles. The number of fused-ring (bicyclic) bond motifs is 2. The van der Waals surface area contributed by atoms with Gasteiger partial charge in [0.2, 0.25) is 0 Å². The van der Waals surface area contributed by atoms with Gasteiger partial charge in [-0.15, -0.1) is 0 Å². The number of benzene rings is 2. The smallest absolute Gasteiger partial charge is 0.00978 e. The van der Waals surface area contributed by atoms with Crippen molar-refractivity contribution >= 4 is 0 Å². The molecular formula is C19H23N. The van der Waals surface area contributed by atoms with Crippen molar-refractivity contribution in [2.24, 2.45) is 11.7 Å². The predicted octanol–water partition coefficient (Wildman–Crippen LogP) is 3.90. The number of hydrogen-bond donors (Lipinski definition) is 1. The zero-order chi connectivity index (χ0) is 13.9. The highest BCUT2D eigenvalue weighted by Crippen LogP contribution is 2.37. The van der Waals surface area contributed by atoms with E-state index in [1.807, 2.05) is 0 Å². The molecule has 0 saturated heterocycles. The molecule has 1 nitrogen and oxygen atoms in total. The molecule has 1 aliphatic carbocycles. The number of aryl methyl sites for hydroxylation is 2. The van der Waals surface area contributed by atoms with E-state index < -0.39 is 0 Å². The molecule has 1 atom stereocenters. The maximum Gasteiger partial charge on any atom is 0.00978 e. The molecule has 0 fully saturated rings. The van der Waals surface area contributed by atoms with Crippen molar-refractivity contribution in [1.29, 1.82) is 0 Å². The van der Waals surface area contributed by atoms with Crippen molar-refractivity contribution in [1.82, 2.24) is 0 Å². The normalized spacial score (nSPS) is 16.1. The Bertz CT molecular complexity index is 540. The van der Waals surface area contributed by atoms with Gasteiger partial charge in [-0.2, -0.15) is 0 Å². The van der Waals surface area contributed by atoms with Crippen molar-refractivity contribution in [2.75, 3.05) is 6.54 Å². The molecule has 0 saturated carbocycles. The van der Waals surface area contributed by atoms with Crippen LogP contribution in [0.3, 0.4) is 0 Å². The lowest BCUT2D eigenvalue weighted by Crippen LogP contribution is -2.16. The van der Waals surface area contributed by atoms with Gasteiger partial charge in [0, 0.05) is 5.92 Å². The van der Waals surface area contributed by atoms with Crippen molar-refractivity contribution in [2.45, 2.75) is 32.1 Å². The van der Waals surface area contributed by atoms with Crippen molar-refractivity contribution in [3.8, 4) is 0 Å². The summed E-state index contributed by atoms with van der Waals surface area (Å²) in [6, 6.07) is 17.9.